The van der Waals surface area contributed by atoms with Crippen LogP contribution in [0.15, 0.2) is 48.8 Å². The second kappa shape index (κ2) is 9.03. The summed E-state index contributed by atoms with van der Waals surface area (Å²) in [6.45, 7) is 5.57. The third kappa shape index (κ3) is 5.06. The topological polar surface area (TPSA) is 54.5 Å². The fourth-order valence-electron chi connectivity index (χ4n) is 2.59. The van der Waals surface area contributed by atoms with Crippen LogP contribution in [0.1, 0.15) is 29.7 Å². The highest BCUT2D eigenvalue weighted by atomic mass is 16.5. The van der Waals surface area contributed by atoms with Gasteiger partial charge >= 0.3 is 6.03 Å². The molecule has 128 valence electrons. The first-order valence-corrected chi connectivity index (χ1v) is 8.10. The number of rotatable bonds is 7. The predicted octanol–water partition coefficient (Wildman–Crippen LogP) is 3.31. The highest BCUT2D eigenvalue weighted by Gasteiger charge is 2.17. The van der Waals surface area contributed by atoms with Crippen molar-refractivity contribution >= 4 is 6.03 Å². The summed E-state index contributed by atoms with van der Waals surface area (Å²) in [4.78, 5) is 18.5. The van der Waals surface area contributed by atoms with Gasteiger partial charge in [-0.05, 0) is 36.6 Å². The molecule has 5 heteroatoms. The molecular weight excluding hydrogens is 302 g/mol. The Kier molecular flexibility index (Phi) is 6.75. The van der Waals surface area contributed by atoms with Crippen LogP contribution in [0, 0.1) is 6.92 Å². The number of aryl methyl sites for hydroxylation is 1. The Morgan fingerprint density at radius 1 is 1.29 bits per heavy atom. The number of nitrogens with one attached hydrogen (secondary N) is 1. The van der Waals surface area contributed by atoms with Gasteiger partial charge in [0.25, 0.3) is 0 Å². The van der Waals surface area contributed by atoms with Crippen LogP contribution in [0.4, 0.5) is 4.79 Å². The molecular formula is C19H25N3O2. The maximum absolute atomic E-state index is 12.7. The first-order valence-electron chi connectivity index (χ1n) is 8.10. The molecule has 2 rings (SSSR count). The molecule has 0 saturated heterocycles. The zero-order valence-corrected chi connectivity index (χ0v) is 14.5. The minimum absolute atomic E-state index is 0.0577. The molecule has 2 amide bonds. The van der Waals surface area contributed by atoms with E-state index in [-0.39, 0.29) is 12.1 Å². The van der Waals surface area contributed by atoms with Crippen LogP contribution >= 0.6 is 0 Å². The van der Waals surface area contributed by atoms with E-state index in [1.54, 1.807) is 24.4 Å². The lowest BCUT2D eigenvalue weighted by atomic mass is 10.0. The second-order valence-corrected chi connectivity index (χ2v) is 5.80. The zero-order valence-electron chi connectivity index (χ0n) is 14.5. The van der Waals surface area contributed by atoms with E-state index in [0.29, 0.717) is 19.7 Å². The number of amides is 2. The average Bonchev–Trinajstić information content (AvgIpc) is 2.59. The molecule has 1 aromatic heterocycles. The second-order valence-electron chi connectivity index (χ2n) is 5.80. The molecule has 1 heterocycles. The number of carbonyl (C=O) groups excluding carboxylic acids is 1. The summed E-state index contributed by atoms with van der Waals surface area (Å²) in [6, 6.07) is 11.8. The maximum atomic E-state index is 12.7. The molecule has 0 aliphatic heterocycles. The Balaban J connectivity index is 2.05. The Morgan fingerprint density at radius 2 is 2.08 bits per heavy atom. The average molecular weight is 327 g/mol. The van der Waals surface area contributed by atoms with Gasteiger partial charge in [-0.15, -0.1) is 0 Å². The molecule has 0 bridgehead atoms. The van der Waals surface area contributed by atoms with Gasteiger partial charge in [0.1, 0.15) is 0 Å². The Bertz CT molecular complexity index is 646. The molecule has 24 heavy (non-hydrogen) atoms. The third-order valence-electron chi connectivity index (χ3n) is 3.94. The normalized spacial score (nSPS) is 11.8. The number of methoxy groups -OCH3 is 1. The number of nitrogens with zero attached hydrogens (tertiary/aromatic N) is 2. The van der Waals surface area contributed by atoms with Crippen LogP contribution in [-0.2, 0) is 11.3 Å². The van der Waals surface area contributed by atoms with E-state index in [1.165, 1.54) is 5.56 Å². The van der Waals surface area contributed by atoms with Crippen LogP contribution in [0.25, 0.3) is 0 Å². The van der Waals surface area contributed by atoms with Gasteiger partial charge in [0.05, 0.1) is 12.6 Å². The largest absolute Gasteiger partial charge is 0.383 e. The van der Waals surface area contributed by atoms with Gasteiger partial charge in [-0.1, -0.05) is 30.3 Å². The molecule has 1 atom stereocenters. The van der Waals surface area contributed by atoms with Crippen LogP contribution in [0.5, 0.6) is 0 Å². The van der Waals surface area contributed by atoms with Crippen molar-refractivity contribution in [3.8, 4) is 0 Å². The van der Waals surface area contributed by atoms with Crippen molar-refractivity contribution in [2.75, 3.05) is 20.3 Å². The maximum Gasteiger partial charge on any atom is 0.318 e. The first-order chi connectivity index (χ1) is 11.6. The van der Waals surface area contributed by atoms with Crippen LogP contribution in [0.2, 0.25) is 0 Å². The molecule has 0 aliphatic rings. The summed E-state index contributed by atoms with van der Waals surface area (Å²) in [6.07, 6.45) is 3.50. The summed E-state index contributed by atoms with van der Waals surface area (Å²) < 4.78 is 5.13. The number of hydrogen-bond acceptors (Lipinski definition) is 3. The van der Waals surface area contributed by atoms with Crippen molar-refractivity contribution in [1.29, 1.82) is 0 Å². The third-order valence-corrected chi connectivity index (χ3v) is 3.94. The highest BCUT2D eigenvalue weighted by molar-refractivity contribution is 5.74. The van der Waals surface area contributed by atoms with Gasteiger partial charge in [-0.3, -0.25) is 4.98 Å². The van der Waals surface area contributed by atoms with E-state index in [2.05, 4.69) is 23.3 Å². The zero-order chi connectivity index (χ0) is 17.4. The molecule has 1 aromatic carbocycles. The van der Waals surface area contributed by atoms with Crippen molar-refractivity contribution in [1.82, 2.24) is 15.2 Å². The summed E-state index contributed by atoms with van der Waals surface area (Å²) in [5.41, 5.74) is 3.28. The van der Waals surface area contributed by atoms with E-state index in [4.69, 9.17) is 4.74 Å². The highest BCUT2D eigenvalue weighted by Crippen LogP contribution is 2.17. The minimum atomic E-state index is -0.105. The number of benzene rings is 1. The standard InChI is InChI=1S/C19H25N3O2/c1-15-7-4-5-9-18(15)16(2)21-19(23)22(11-12-24-3)14-17-8-6-10-20-13-17/h4-10,13,16H,11-12,14H2,1-3H3,(H,21,23). The molecule has 5 nitrogen and oxygen atoms in total. The lowest BCUT2D eigenvalue weighted by molar-refractivity contribution is 0.145. The number of pyridine rings is 1. The molecule has 1 unspecified atom stereocenters. The summed E-state index contributed by atoms with van der Waals surface area (Å²) >= 11 is 0. The quantitative estimate of drug-likeness (QED) is 0.849. The Morgan fingerprint density at radius 3 is 2.75 bits per heavy atom. The monoisotopic (exact) mass is 327 g/mol. The van der Waals surface area contributed by atoms with Crippen LogP contribution < -0.4 is 5.32 Å². The van der Waals surface area contributed by atoms with Crippen LogP contribution in [0.3, 0.4) is 0 Å². The minimum Gasteiger partial charge on any atom is -0.383 e. The molecule has 0 fully saturated rings. The van der Waals surface area contributed by atoms with Gasteiger partial charge in [0.2, 0.25) is 0 Å². The molecule has 0 spiro atoms. The fraction of sp³-hybridized carbons (Fsp3) is 0.368. The van der Waals surface area contributed by atoms with Gasteiger partial charge in [-0.2, -0.15) is 0 Å². The lowest BCUT2D eigenvalue weighted by Crippen LogP contribution is -2.42. The number of urea groups is 1. The summed E-state index contributed by atoms with van der Waals surface area (Å²) in [5, 5.41) is 3.08. The van der Waals surface area contributed by atoms with Gasteiger partial charge in [0, 0.05) is 32.6 Å². The number of aromatic nitrogens is 1. The SMILES string of the molecule is COCCN(Cc1cccnc1)C(=O)NC(C)c1ccccc1C. The van der Waals surface area contributed by atoms with Gasteiger partial charge < -0.3 is 15.0 Å². The lowest BCUT2D eigenvalue weighted by Gasteiger charge is -2.25. The molecule has 0 radical (unpaired) electrons. The molecule has 0 saturated carbocycles. The van der Waals surface area contributed by atoms with Crippen molar-refractivity contribution in [3.63, 3.8) is 0 Å². The van der Waals surface area contributed by atoms with Crippen molar-refractivity contribution < 1.29 is 9.53 Å². The summed E-state index contributed by atoms with van der Waals surface area (Å²) in [5.74, 6) is 0. The molecule has 2 aromatic rings. The first kappa shape index (κ1) is 17.9. The van der Waals surface area contributed by atoms with Gasteiger partial charge in [-0.25, -0.2) is 4.79 Å². The number of ether oxygens (including phenoxy) is 1. The van der Waals surface area contributed by atoms with E-state index < -0.39 is 0 Å². The summed E-state index contributed by atoms with van der Waals surface area (Å²) in [7, 11) is 1.64. The van der Waals surface area contributed by atoms with Crippen molar-refractivity contribution in [2.45, 2.75) is 26.4 Å². The molecule has 1 N–H and O–H groups in total. The van der Waals surface area contributed by atoms with Crippen molar-refractivity contribution in [3.05, 3.63) is 65.5 Å². The number of hydrogen-bond donors (Lipinski definition) is 1. The van der Waals surface area contributed by atoms with E-state index in [0.717, 1.165) is 11.1 Å². The fourth-order valence-corrected chi connectivity index (χ4v) is 2.59. The van der Waals surface area contributed by atoms with Crippen LogP contribution in [-0.4, -0.2) is 36.2 Å². The predicted molar refractivity (Wildman–Crippen MR) is 94.6 cm³/mol. The Hall–Kier alpha value is -2.40. The van der Waals surface area contributed by atoms with E-state index in [1.807, 2.05) is 37.3 Å². The van der Waals surface area contributed by atoms with E-state index in [9.17, 15) is 4.79 Å². The van der Waals surface area contributed by atoms with Gasteiger partial charge in [0.15, 0.2) is 0 Å². The van der Waals surface area contributed by atoms with Crippen molar-refractivity contribution in [2.24, 2.45) is 0 Å². The molecule has 0 aliphatic carbocycles. The smallest absolute Gasteiger partial charge is 0.318 e. The Labute approximate surface area is 143 Å². The van der Waals surface area contributed by atoms with E-state index >= 15 is 0 Å². The number of carbonyl (C=O) groups is 1.